The van der Waals surface area contributed by atoms with Gasteiger partial charge in [0.25, 0.3) is 5.91 Å². The van der Waals surface area contributed by atoms with Gasteiger partial charge in [-0.25, -0.2) is 0 Å². The average molecular weight is 386 g/mol. The van der Waals surface area contributed by atoms with Crippen LogP contribution in [0.1, 0.15) is 36.0 Å². The van der Waals surface area contributed by atoms with Gasteiger partial charge in [-0.05, 0) is 43.9 Å². The monoisotopic (exact) mass is 386 g/mol. The fraction of sp³-hybridized carbons (Fsp3) is 0.429. The average Bonchev–Trinajstić information content (AvgIpc) is 2.71. The Labute approximate surface area is 164 Å². The van der Waals surface area contributed by atoms with Crippen molar-refractivity contribution in [2.75, 3.05) is 14.2 Å². The molecule has 1 aliphatic carbocycles. The first-order valence-corrected chi connectivity index (χ1v) is 9.37. The number of carbonyl (C=O) groups excluding carboxylic acids is 1. The van der Waals surface area contributed by atoms with E-state index in [0.29, 0.717) is 22.8 Å². The summed E-state index contributed by atoms with van der Waals surface area (Å²) in [5.41, 5.74) is 0.351. The van der Waals surface area contributed by atoms with E-state index >= 15 is 0 Å². The van der Waals surface area contributed by atoms with Crippen molar-refractivity contribution in [2.24, 2.45) is 7.05 Å². The van der Waals surface area contributed by atoms with Gasteiger partial charge in [0.2, 0.25) is 11.3 Å². The van der Waals surface area contributed by atoms with Gasteiger partial charge in [0.15, 0.2) is 11.5 Å². The minimum Gasteiger partial charge on any atom is -0.493 e. The summed E-state index contributed by atoms with van der Waals surface area (Å²) in [5, 5.41) is 3.05. The van der Waals surface area contributed by atoms with E-state index in [4.69, 9.17) is 14.2 Å². The van der Waals surface area contributed by atoms with Crippen molar-refractivity contribution in [1.29, 1.82) is 0 Å². The van der Waals surface area contributed by atoms with Gasteiger partial charge >= 0.3 is 0 Å². The fourth-order valence-corrected chi connectivity index (χ4v) is 3.45. The number of ether oxygens (including phenoxy) is 3. The van der Waals surface area contributed by atoms with E-state index in [1.807, 2.05) is 18.2 Å². The van der Waals surface area contributed by atoms with Crippen molar-refractivity contribution >= 4 is 5.91 Å². The van der Waals surface area contributed by atoms with Crippen LogP contribution in [-0.2, 0) is 7.05 Å². The number of aromatic nitrogens is 1. The van der Waals surface area contributed by atoms with Crippen LogP contribution in [0, 0.1) is 0 Å². The number of nitrogens with zero attached hydrogens (tertiary/aromatic N) is 1. The van der Waals surface area contributed by atoms with Crippen molar-refractivity contribution in [3.05, 3.63) is 52.4 Å². The molecule has 2 aromatic rings. The third-order valence-electron chi connectivity index (χ3n) is 5.02. The topological polar surface area (TPSA) is 78.8 Å². The Morgan fingerprint density at radius 1 is 1.04 bits per heavy atom. The minimum atomic E-state index is -0.158. The van der Waals surface area contributed by atoms with Gasteiger partial charge in [-0.2, -0.15) is 0 Å². The second-order valence-electron chi connectivity index (χ2n) is 6.92. The molecule has 0 radical (unpaired) electrons. The van der Waals surface area contributed by atoms with Crippen molar-refractivity contribution < 1.29 is 19.0 Å². The molecule has 1 fully saturated rings. The summed E-state index contributed by atoms with van der Waals surface area (Å²) in [6, 6.07) is 8.63. The second-order valence-corrected chi connectivity index (χ2v) is 6.92. The van der Waals surface area contributed by atoms with Gasteiger partial charge in [0, 0.05) is 25.4 Å². The molecule has 0 aliphatic heterocycles. The minimum absolute atomic E-state index is 0.0618. The Morgan fingerprint density at radius 3 is 2.39 bits per heavy atom. The number of carbonyl (C=O) groups is 1. The van der Waals surface area contributed by atoms with Gasteiger partial charge in [-0.3, -0.25) is 9.59 Å². The maximum atomic E-state index is 12.4. The molecule has 0 atom stereocenters. The van der Waals surface area contributed by atoms with Gasteiger partial charge in [0.05, 0.1) is 25.9 Å². The number of hydrogen-bond donors (Lipinski definition) is 1. The molecule has 28 heavy (non-hydrogen) atoms. The summed E-state index contributed by atoms with van der Waals surface area (Å²) >= 11 is 0. The lowest BCUT2D eigenvalue weighted by atomic mass is 9.92. The Hall–Kier alpha value is -2.96. The molecule has 0 unspecified atom stereocenters. The summed E-state index contributed by atoms with van der Waals surface area (Å²) in [6.45, 7) is 0. The number of methoxy groups -OCH3 is 2. The number of benzene rings is 1. The van der Waals surface area contributed by atoms with Gasteiger partial charge in [-0.1, -0.05) is 6.07 Å². The zero-order valence-corrected chi connectivity index (χ0v) is 16.4. The van der Waals surface area contributed by atoms with Crippen LogP contribution in [0.5, 0.6) is 17.2 Å². The first-order valence-electron chi connectivity index (χ1n) is 9.37. The smallest absolute Gasteiger partial charge is 0.252 e. The van der Waals surface area contributed by atoms with Crippen LogP contribution in [-0.4, -0.2) is 36.8 Å². The van der Waals surface area contributed by atoms with Crippen molar-refractivity contribution in [3.63, 3.8) is 0 Å². The number of pyridine rings is 1. The van der Waals surface area contributed by atoms with E-state index in [-0.39, 0.29) is 23.6 Å². The van der Waals surface area contributed by atoms with Crippen LogP contribution in [0.3, 0.4) is 0 Å². The standard InChI is InChI=1S/C21H26N2O5/c1-23-13-14(7-12-19(23)24)21(25)22-15-8-10-16(11-9-15)28-18-6-4-5-17(26-2)20(18)27-3/h4-7,12-13,15-16H,8-11H2,1-3H3,(H,22,25). The molecule has 1 heterocycles. The molecule has 7 heteroatoms. The molecule has 1 amide bonds. The highest BCUT2D eigenvalue weighted by molar-refractivity contribution is 5.94. The molecular weight excluding hydrogens is 360 g/mol. The van der Waals surface area contributed by atoms with E-state index in [2.05, 4.69) is 5.32 Å². The summed E-state index contributed by atoms with van der Waals surface area (Å²) < 4.78 is 18.3. The van der Waals surface area contributed by atoms with Crippen molar-refractivity contribution in [2.45, 2.75) is 37.8 Å². The molecule has 1 N–H and O–H groups in total. The number of amides is 1. The maximum absolute atomic E-state index is 12.4. The molecule has 0 saturated heterocycles. The third kappa shape index (κ3) is 4.47. The highest BCUT2D eigenvalue weighted by atomic mass is 16.5. The van der Waals surface area contributed by atoms with Gasteiger partial charge < -0.3 is 24.1 Å². The summed E-state index contributed by atoms with van der Waals surface area (Å²) in [6.07, 6.45) is 4.94. The Balaban J connectivity index is 1.55. The lowest BCUT2D eigenvalue weighted by Crippen LogP contribution is -2.40. The number of para-hydroxylation sites is 1. The van der Waals surface area contributed by atoms with Crippen LogP contribution in [0.15, 0.2) is 41.3 Å². The highest BCUT2D eigenvalue weighted by Crippen LogP contribution is 2.38. The molecule has 0 spiro atoms. The van der Waals surface area contributed by atoms with Crippen LogP contribution >= 0.6 is 0 Å². The Bertz CT molecular complexity index is 885. The highest BCUT2D eigenvalue weighted by Gasteiger charge is 2.25. The van der Waals surface area contributed by atoms with E-state index in [1.165, 1.54) is 10.6 Å². The fourth-order valence-electron chi connectivity index (χ4n) is 3.45. The number of nitrogens with one attached hydrogen (secondary N) is 1. The maximum Gasteiger partial charge on any atom is 0.252 e. The first-order chi connectivity index (χ1) is 13.5. The van der Waals surface area contributed by atoms with Gasteiger partial charge in [-0.15, -0.1) is 0 Å². The van der Waals surface area contributed by atoms with E-state index in [0.717, 1.165) is 25.7 Å². The molecule has 1 saturated carbocycles. The first kappa shape index (κ1) is 19.8. The zero-order chi connectivity index (χ0) is 20.1. The predicted molar refractivity (Wildman–Crippen MR) is 105 cm³/mol. The molecule has 1 aliphatic rings. The number of hydrogen-bond acceptors (Lipinski definition) is 5. The molecule has 3 rings (SSSR count). The molecular formula is C21H26N2O5. The molecule has 7 nitrogen and oxygen atoms in total. The molecule has 0 bridgehead atoms. The van der Waals surface area contributed by atoms with Crippen LogP contribution < -0.4 is 25.1 Å². The third-order valence-corrected chi connectivity index (χ3v) is 5.02. The van der Waals surface area contributed by atoms with Crippen LogP contribution in [0.25, 0.3) is 0 Å². The lowest BCUT2D eigenvalue weighted by Gasteiger charge is -2.30. The Morgan fingerprint density at radius 2 is 1.75 bits per heavy atom. The number of aryl methyl sites for hydroxylation is 1. The van der Waals surface area contributed by atoms with Crippen LogP contribution in [0.2, 0.25) is 0 Å². The SMILES string of the molecule is COc1cccc(OC2CCC(NC(=O)c3ccc(=O)n(C)c3)CC2)c1OC. The molecule has 1 aromatic carbocycles. The lowest BCUT2D eigenvalue weighted by molar-refractivity contribution is 0.0890. The van der Waals surface area contributed by atoms with Crippen molar-refractivity contribution in [3.8, 4) is 17.2 Å². The largest absolute Gasteiger partial charge is 0.493 e. The summed E-state index contributed by atoms with van der Waals surface area (Å²) in [5.74, 6) is 1.74. The van der Waals surface area contributed by atoms with Crippen molar-refractivity contribution in [1.82, 2.24) is 9.88 Å². The second kappa shape index (κ2) is 8.82. The predicted octanol–water partition coefficient (Wildman–Crippen LogP) is 2.52. The molecule has 150 valence electrons. The summed E-state index contributed by atoms with van der Waals surface area (Å²) in [7, 11) is 4.82. The van der Waals surface area contributed by atoms with E-state index in [9.17, 15) is 9.59 Å². The summed E-state index contributed by atoms with van der Waals surface area (Å²) in [4.78, 5) is 23.9. The van der Waals surface area contributed by atoms with E-state index < -0.39 is 0 Å². The normalized spacial score (nSPS) is 19.0. The number of rotatable bonds is 6. The van der Waals surface area contributed by atoms with E-state index in [1.54, 1.807) is 33.5 Å². The quantitative estimate of drug-likeness (QED) is 0.825. The van der Waals surface area contributed by atoms with Crippen LogP contribution in [0.4, 0.5) is 0 Å². The zero-order valence-electron chi connectivity index (χ0n) is 16.4. The van der Waals surface area contributed by atoms with Gasteiger partial charge in [0.1, 0.15) is 0 Å². The Kier molecular flexibility index (Phi) is 6.23. The molecule has 1 aromatic heterocycles.